The molecule has 0 spiro atoms. The molecular weight excluding hydrogens is 216 g/mol. The van der Waals surface area contributed by atoms with Crippen LogP contribution >= 0.6 is 0 Å². The molecule has 0 aromatic rings. The van der Waals surface area contributed by atoms with E-state index >= 15 is 0 Å². The Balaban J connectivity index is 2.10. The van der Waals surface area contributed by atoms with Gasteiger partial charge in [-0.05, 0) is 46.0 Å². The molecule has 2 N–H and O–H groups in total. The molecule has 4 nitrogen and oxygen atoms in total. The van der Waals surface area contributed by atoms with Crippen molar-refractivity contribution in [3.63, 3.8) is 0 Å². The molecule has 0 aliphatic carbocycles. The molecule has 2 aliphatic heterocycles. The first-order chi connectivity index (χ1) is 7.79. The summed E-state index contributed by atoms with van der Waals surface area (Å²) in [5, 5.41) is 0. The van der Waals surface area contributed by atoms with Crippen molar-refractivity contribution in [2.75, 3.05) is 0 Å². The summed E-state index contributed by atoms with van der Waals surface area (Å²) in [7, 11) is 0. The van der Waals surface area contributed by atoms with Crippen LogP contribution in [0.15, 0.2) is 0 Å². The maximum atomic E-state index is 12.2. The standard InChI is InChI=1S/C13H24N2O2/c1-8-10(14)7-9-5-6-11(8)15(9)12(16)17-13(2,3)4/h8-11H,5-7,14H2,1-4H3/t8-,9+,10-,11+/m0/s1. The van der Waals surface area contributed by atoms with Gasteiger partial charge >= 0.3 is 6.09 Å². The van der Waals surface area contributed by atoms with Gasteiger partial charge in [-0.25, -0.2) is 4.79 Å². The number of hydrogen-bond acceptors (Lipinski definition) is 3. The van der Waals surface area contributed by atoms with Gasteiger partial charge in [-0.2, -0.15) is 0 Å². The molecule has 0 aromatic carbocycles. The van der Waals surface area contributed by atoms with Gasteiger partial charge in [-0.3, -0.25) is 0 Å². The second kappa shape index (κ2) is 4.16. The predicted molar refractivity (Wildman–Crippen MR) is 66.6 cm³/mol. The summed E-state index contributed by atoms with van der Waals surface area (Å²) in [6.45, 7) is 7.87. The topological polar surface area (TPSA) is 55.6 Å². The van der Waals surface area contributed by atoms with E-state index in [4.69, 9.17) is 10.5 Å². The number of fused-ring (bicyclic) bond motifs is 2. The zero-order chi connectivity index (χ0) is 12.8. The van der Waals surface area contributed by atoms with E-state index in [1.54, 1.807) is 0 Å². The molecule has 0 saturated carbocycles. The van der Waals surface area contributed by atoms with Gasteiger partial charge in [0.25, 0.3) is 0 Å². The molecule has 2 saturated heterocycles. The third-order valence-corrected chi connectivity index (χ3v) is 3.98. The number of amides is 1. The Morgan fingerprint density at radius 2 is 2.00 bits per heavy atom. The molecule has 4 atom stereocenters. The van der Waals surface area contributed by atoms with Crippen LogP contribution in [0.2, 0.25) is 0 Å². The molecule has 0 radical (unpaired) electrons. The average molecular weight is 240 g/mol. The van der Waals surface area contributed by atoms with Crippen LogP contribution in [0.1, 0.15) is 47.0 Å². The van der Waals surface area contributed by atoms with E-state index in [2.05, 4.69) is 6.92 Å². The SMILES string of the molecule is C[C@@H]1[C@H]2CC[C@H](C[C@@H]1N)N2C(=O)OC(C)(C)C. The first-order valence-corrected chi connectivity index (χ1v) is 6.56. The molecular formula is C13H24N2O2. The minimum Gasteiger partial charge on any atom is -0.444 e. The molecule has 0 aromatic heterocycles. The lowest BCUT2D eigenvalue weighted by Gasteiger charge is -2.42. The predicted octanol–water partition coefficient (Wildman–Crippen LogP) is 2.12. The van der Waals surface area contributed by atoms with E-state index in [1.807, 2.05) is 25.7 Å². The third-order valence-electron chi connectivity index (χ3n) is 3.98. The molecule has 2 fully saturated rings. The monoisotopic (exact) mass is 240 g/mol. The minimum absolute atomic E-state index is 0.163. The summed E-state index contributed by atoms with van der Waals surface area (Å²) < 4.78 is 5.49. The number of piperidine rings is 1. The van der Waals surface area contributed by atoms with Crippen LogP contribution < -0.4 is 5.73 Å². The van der Waals surface area contributed by atoms with Crippen molar-refractivity contribution >= 4 is 6.09 Å². The highest BCUT2D eigenvalue weighted by Crippen LogP contribution is 2.39. The van der Waals surface area contributed by atoms with Crippen LogP contribution in [-0.4, -0.2) is 34.7 Å². The molecule has 1 amide bonds. The van der Waals surface area contributed by atoms with Crippen molar-refractivity contribution in [2.24, 2.45) is 11.7 Å². The van der Waals surface area contributed by atoms with Crippen molar-refractivity contribution in [1.82, 2.24) is 4.90 Å². The summed E-state index contributed by atoms with van der Waals surface area (Å²) in [6, 6.07) is 0.797. The number of ether oxygens (including phenoxy) is 1. The maximum absolute atomic E-state index is 12.2. The van der Waals surface area contributed by atoms with Crippen LogP contribution in [0.3, 0.4) is 0 Å². The molecule has 4 heteroatoms. The highest BCUT2D eigenvalue weighted by Gasteiger charge is 2.47. The second-order valence-electron chi connectivity index (χ2n) is 6.44. The van der Waals surface area contributed by atoms with Crippen LogP contribution in [0.5, 0.6) is 0 Å². The first kappa shape index (κ1) is 12.7. The Labute approximate surface area is 103 Å². The summed E-state index contributed by atoms with van der Waals surface area (Å²) in [5.74, 6) is 0.376. The largest absolute Gasteiger partial charge is 0.444 e. The fourth-order valence-corrected chi connectivity index (χ4v) is 3.07. The van der Waals surface area contributed by atoms with Gasteiger partial charge in [-0.1, -0.05) is 6.92 Å². The van der Waals surface area contributed by atoms with Crippen LogP contribution in [0.25, 0.3) is 0 Å². The van der Waals surface area contributed by atoms with Crippen molar-refractivity contribution in [3.05, 3.63) is 0 Å². The van der Waals surface area contributed by atoms with E-state index in [0.717, 1.165) is 19.3 Å². The van der Waals surface area contributed by atoms with E-state index < -0.39 is 5.60 Å². The van der Waals surface area contributed by atoms with Crippen LogP contribution in [-0.2, 0) is 4.74 Å². The fourth-order valence-electron chi connectivity index (χ4n) is 3.07. The number of carbonyl (C=O) groups is 1. The minimum atomic E-state index is -0.417. The zero-order valence-corrected chi connectivity index (χ0v) is 11.3. The Morgan fingerprint density at radius 1 is 1.35 bits per heavy atom. The first-order valence-electron chi connectivity index (χ1n) is 6.56. The lowest BCUT2D eigenvalue weighted by molar-refractivity contribution is -0.00265. The van der Waals surface area contributed by atoms with E-state index in [0.29, 0.717) is 12.0 Å². The summed E-state index contributed by atoms with van der Waals surface area (Å²) in [4.78, 5) is 14.1. The molecule has 2 heterocycles. The van der Waals surface area contributed by atoms with Gasteiger partial charge in [0, 0.05) is 18.1 Å². The van der Waals surface area contributed by atoms with Gasteiger partial charge in [0.2, 0.25) is 0 Å². The van der Waals surface area contributed by atoms with Gasteiger partial charge in [0.15, 0.2) is 0 Å². The van der Waals surface area contributed by atoms with E-state index in [1.165, 1.54) is 0 Å². The molecule has 17 heavy (non-hydrogen) atoms. The van der Waals surface area contributed by atoms with Crippen molar-refractivity contribution in [3.8, 4) is 0 Å². The van der Waals surface area contributed by atoms with E-state index in [-0.39, 0.29) is 18.2 Å². The van der Waals surface area contributed by atoms with Crippen LogP contribution in [0.4, 0.5) is 4.79 Å². The Hall–Kier alpha value is -0.770. The highest BCUT2D eigenvalue weighted by molar-refractivity contribution is 5.69. The Kier molecular flexibility index (Phi) is 3.10. The molecule has 2 bridgehead atoms. The number of carbonyl (C=O) groups excluding carboxylic acids is 1. The normalized spacial score (nSPS) is 37.1. The quantitative estimate of drug-likeness (QED) is 0.705. The second-order valence-corrected chi connectivity index (χ2v) is 6.44. The maximum Gasteiger partial charge on any atom is 0.410 e. The summed E-state index contributed by atoms with van der Waals surface area (Å²) in [5.41, 5.74) is 5.69. The Morgan fingerprint density at radius 3 is 2.59 bits per heavy atom. The molecule has 2 rings (SSSR count). The van der Waals surface area contributed by atoms with Gasteiger partial charge in [-0.15, -0.1) is 0 Å². The molecule has 2 aliphatic rings. The number of rotatable bonds is 0. The van der Waals surface area contributed by atoms with Crippen LogP contribution in [0, 0.1) is 5.92 Å². The van der Waals surface area contributed by atoms with Crippen molar-refractivity contribution in [1.29, 1.82) is 0 Å². The highest BCUT2D eigenvalue weighted by atomic mass is 16.6. The number of hydrogen-bond donors (Lipinski definition) is 1. The molecule has 98 valence electrons. The number of nitrogens with two attached hydrogens (primary N) is 1. The zero-order valence-electron chi connectivity index (χ0n) is 11.3. The lowest BCUT2D eigenvalue weighted by atomic mass is 9.88. The van der Waals surface area contributed by atoms with E-state index in [9.17, 15) is 4.79 Å². The van der Waals surface area contributed by atoms with Gasteiger partial charge in [0.05, 0.1) is 0 Å². The fraction of sp³-hybridized carbons (Fsp3) is 0.923. The smallest absolute Gasteiger partial charge is 0.410 e. The summed E-state index contributed by atoms with van der Waals surface area (Å²) in [6.07, 6.45) is 2.89. The van der Waals surface area contributed by atoms with Gasteiger partial charge < -0.3 is 15.4 Å². The van der Waals surface area contributed by atoms with Crippen molar-refractivity contribution in [2.45, 2.75) is 70.7 Å². The summed E-state index contributed by atoms with van der Waals surface area (Å²) >= 11 is 0. The number of nitrogens with zero attached hydrogens (tertiary/aromatic N) is 1. The Bertz CT molecular complexity index is 311. The van der Waals surface area contributed by atoms with Gasteiger partial charge in [0.1, 0.15) is 5.60 Å². The lowest BCUT2D eigenvalue weighted by Crippen LogP contribution is -2.55. The average Bonchev–Trinajstić information content (AvgIpc) is 2.51. The van der Waals surface area contributed by atoms with Crippen molar-refractivity contribution < 1.29 is 9.53 Å². The molecule has 0 unspecified atom stereocenters. The third kappa shape index (κ3) is 2.41.